The van der Waals surface area contributed by atoms with Gasteiger partial charge in [-0.1, -0.05) is 18.7 Å². The van der Waals surface area contributed by atoms with Crippen LogP contribution in [0, 0.1) is 6.92 Å². The van der Waals surface area contributed by atoms with E-state index in [0.717, 1.165) is 35.4 Å². The highest BCUT2D eigenvalue weighted by Crippen LogP contribution is 2.22. The first-order valence-corrected chi connectivity index (χ1v) is 7.40. The quantitative estimate of drug-likeness (QED) is 0.729. The maximum absolute atomic E-state index is 5.20. The summed E-state index contributed by atoms with van der Waals surface area (Å²) in [5, 5.41) is 5.57. The number of nitrogens with one attached hydrogen (secondary N) is 1. The lowest BCUT2D eigenvalue weighted by Crippen LogP contribution is -2.35. The molecular formula is C11H20N2OS2. The van der Waals surface area contributed by atoms with Gasteiger partial charge in [0.2, 0.25) is 0 Å². The predicted octanol–water partition coefficient (Wildman–Crippen LogP) is 2.56. The van der Waals surface area contributed by atoms with Gasteiger partial charge in [-0.2, -0.15) is 0 Å². The summed E-state index contributed by atoms with van der Waals surface area (Å²) in [6, 6.07) is 0.416. The average Bonchev–Trinajstić information content (AvgIpc) is 2.68. The van der Waals surface area contributed by atoms with E-state index in [4.69, 9.17) is 4.74 Å². The molecule has 0 spiro atoms. The Morgan fingerprint density at radius 2 is 2.44 bits per heavy atom. The number of aryl methyl sites for hydroxylation is 1. The number of hydrogen-bond acceptors (Lipinski definition) is 5. The summed E-state index contributed by atoms with van der Waals surface area (Å²) in [6.45, 7) is 6.01. The second-order valence-electron chi connectivity index (χ2n) is 3.67. The molecule has 1 aromatic rings. The Labute approximate surface area is 106 Å². The van der Waals surface area contributed by atoms with E-state index in [0.29, 0.717) is 6.04 Å². The Morgan fingerprint density at radius 1 is 1.62 bits per heavy atom. The highest BCUT2D eigenvalue weighted by atomic mass is 32.2. The zero-order valence-electron chi connectivity index (χ0n) is 10.2. The van der Waals surface area contributed by atoms with Crippen LogP contribution < -0.4 is 5.32 Å². The molecule has 0 fully saturated rings. The summed E-state index contributed by atoms with van der Waals surface area (Å²) >= 11 is 3.52. The Kier molecular flexibility index (Phi) is 7.03. The molecule has 1 unspecified atom stereocenters. The van der Waals surface area contributed by atoms with Crippen molar-refractivity contribution in [2.24, 2.45) is 0 Å². The first-order chi connectivity index (χ1) is 7.76. The van der Waals surface area contributed by atoms with Gasteiger partial charge in [0.1, 0.15) is 4.34 Å². The molecule has 3 nitrogen and oxygen atoms in total. The van der Waals surface area contributed by atoms with Crippen LogP contribution >= 0.6 is 23.1 Å². The molecule has 1 atom stereocenters. The third kappa shape index (κ3) is 5.30. The highest BCUT2D eigenvalue weighted by molar-refractivity contribution is 8.01. The molecule has 5 heteroatoms. The van der Waals surface area contributed by atoms with E-state index < -0.39 is 0 Å². The molecule has 0 bridgehead atoms. The number of thiazole rings is 1. The predicted molar refractivity (Wildman–Crippen MR) is 71.5 cm³/mol. The summed E-state index contributed by atoms with van der Waals surface area (Å²) < 4.78 is 6.35. The first kappa shape index (κ1) is 14.0. The molecule has 0 saturated heterocycles. The lowest BCUT2D eigenvalue weighted by molar-refractivity contribution is 0.174. The normalized spacial score (nSPS) is 12.9. The van der Waals surface area contributed by atoms with Gasteiger partial charge in [0, 0.05) is 30.0 Å². The van der Waals surface area contributed by atoms with E-state index in [1.54, 1.807) is 30.2 Å². The van der Waals surface area contributed by atoms with Crippen LogP contribution in [-0.4, -0.2) is 37.0 Å². The number of aromatic nitrogens is 1. The largest absolute Gasteiger partial charge is 0.383 e. The second kappa shape index (κ2) is 8.06. The monoisotopic (exact) mass is 260 g/mol. The van der Waals surface area contributed by atoms with Gasteiger partial charge in [-0.05, 0) is 19.9 Å². The van der Waals surface area contributed by atoms with Crippen molar-refractivity contribution in [3.8, 4) is 0 Å². The van der Waals surface area contributed by atoms with Gasteiger partial charge in [0.25, 0.3) is 0 Å². The van der Waals surface area contributed by atoms with Crippen LogP contribution in [-0.2, 0) is 4.74 Å². The SMILES string of the molecule is CCCNC(COC)CSc1nc(C)cs1. The molecule has 92 valence electrons. The minimum atomic E-state index is 0.416. The number of nitrogens with zero attached hydrogens (tertiary/aromatic N) is 1. The van der Waals surface area contributed by atoms with Crippen LogP contribution in [0.3, 0.4) is 0 Å². The van der Waals surface area contributed by atoms with Crippen LogP contribution in [0.2, 0.25) is 0 Å². The minimum absolute atomic E-state index is 0.416. The zero-order chi connectivity index (χ0) is 11.8. The summed E-state index contributed by atoms with van der Waals surface area (Å²) in [6.07, 6.45) is 1.15. The molecule has 1 aromatic heterocycles. The Hall–Kier alpha value is -0.100. The van der Waals surface area contributed by atoms with Crippen molar-refractivity contribution >= 4 is 23.1 Å². The molecule has 0 aliphatic rings. The van der Waals surface area contributed by atoms with E-state index in [9.17, 15) is 0 Å². The molecule has 16 heavy (non-hydrogen) atoms. The van der Waals surface area contributed by atoms with Crippen molar-refractivity contribution in [1.29, 1.82) is 0 Å². The number of hydrogen-bond donors (Lipinski definition) is 1. The molecule has 1 rings (SSSR count). The summed E-state index contributed by atoms with van der Waals surface area (Å²) in [7, 11) is 1.75. The smallest absolute Gasteiger partial charge is 0.150 e. The van der Waals surface area contributed by atoms with Crippen molar-refractivity contribution in [1.82, 2.24) is 10.3 Å². The zero-order valence-corrected chi connectivity index (χ0v) is 11.8. The lowest BCUT2D eigenvalue weighted by Gasteiger charge is -2.16. The van der Waals surface area contributed by atoms with Crippen molar-refractivity contribution in [3.63, 3.8) is 0 Å². The standard InChI is InChI=1S/C11H20N2OS2/c1-4-5-12-10(6-14-3)8-16-11-13-9(2)7-15-11/h7,10,12H,4-6,8H2,1-3H3. The average molecular weight is 260 g/mol. The van der Waals surface area contributed by atoms with Gasteiger partial charge >= 0.3 is 0 Å². The number of rotatable bonds is 8. The van der Waals surface area contributed by atoms with Crippen LogP contribution in [0.25, 0.3) is 0 Å². The van der Waals surface area contributed by atoms with Crippen molar-refractivity contribution < 1.29 is 4.74 Å². The highest BCUT2D eigenvalue weighted by Gasteiger charge is 2.09. The molecular weight excluding hydrogens is 240 g/mol. The van der Waals surface area contributed by atoms with Crippen LogP contribution in [0.4, 0.5) is 0 Å². The topological polar surface area (TPSA) is 34.1 Å². The number of thioether (sulfide) groups is 1. The Morgan fingerprint density at radius 3 is 3.00 bits per heavy atom. The molecule has 0 radical (unpaired) electrons. The number of methoxy groups -OCH3 is 1. The molecule has 0 aliphatic carbocycles. The van der Waals surface area contributed by atoms with Gasteiger partial charge in [0.05, 0.1) is 6.61 Å². The lowest BCUT2D eigenvalue weighted by atomic mass is 10.3. The van der Waals surface area contributed by atoms with E-state index in [1.165, 1.54) is 0 Å². The molecule has 1 N–H and O–H groups in total. The summed E-state index contributed by atoms with van der Waals surface area (Å²) in [4.78, 5) is 4.44. The van der Waals surface area contributed by atoms with Gasteiger partial charge in [-0.25, -0.2) is 4.98 Å². The minimum Gasteiger partial charge on any atom is -0.383 e. The van der Waals surface area contributed by atoms with Crippen molar-refractivity contribution in [3.05, 3.63) is 11.1 Å². The molecule has 0 aromatic carbocycles. The molecule has 0 aliphatic heterocycles. The van der Waals surface area contributed by atoms with Crippen molar-refractivity contribution in [2.45, 2.75) is 30.6 Å². The Bertz CT molecular complexity index is 291. The fraction of sp³-hybridized carbons (Fsp3) is 0.727. The van der Waals surface area contributed by atoms with Crippen molar-refractivity contribution in [2.75, 3.05) is 26.0 Å². The maximum Gasteiger partial charge on any atom is 0.150 e. The van der Waals surface area contributed by atoms with Gasteiger partial charge in [-0.3, -0.25) is 0 Å². The van der Waals surface area contributed by atoms with E-state index in [2.05, 4.69) is 22.6 Å². The maximum atomic E-state index is 5.20. The fourth-order valence-corrected chi connectivity index (χ4v) is 3.19. The first-order valence-electron chi connectivity index (χ1n) is 5.53. The van der Waals surface area contributed by atoms with E-state index in [1.807, 2.05) is 6.92 Å². The second-order valence-corrected chi connectivity index (χ2v) is 5.80. The van der Waals surface area contributed by atoms with Gasteiger partial charge in [-0.15, -0.1) is 11.3 Å². The van der Waals surface area contributed by atoms with E-state index in [-0.39, 0.29) is 0 Å². The molecule has 1 heterocycles. The summed E-state index contributed by atoms with van der Waals surface area (Å²) in [5.74, 6) is 1.01. The number of ether oxygens (including phenoxy) is 1. The van der Waals surface area contributed by atoms with Gasteiger partial charge in [0.15, 0.2) is 0 Å². The summed E-state index contributed by atoms with van der Waals surface area (Å²) in [5.41, 5.74) is 1.11. The van der Waals surface area contributed by atoms with E-state index >= 15 is 0 Å². The van der Waals surface area contributed by atoms with Crippen LogP contribution in [0.5, 0.6) is 0 Å². The Balaban J connectivity index is 2.30. The third-order valence-corrected chi connectivity index (χ3v) is 4.36. The third-order valence-electron chi connectivity index (χ3n) is 2.06. The van der Waals surface area contributed by atoms with Gasteiger partial charge < -0.3 is 10.1 Å². The molecule has 0 amide bonds. The fourth-order valence-electron chi connectivity index (χ4n) is 1.29. The van der Waals surface area contributed by atoms with Crippen LogP contribution in [0.15, 0.2) is 9.72 Å². The molecule has 0 saturated carbocycles. The van der Waals surface area contributed by atoms with Crippen LogP contribution in [0.1, 0.15) is 19.0 Å².